The molecule has 41 heavy (non-hydrogen) atoms. The number of piperidine rings is 1. The number of amides is 1. The molecule has 13 heteroatoms. The van der Waals surface area contributed by atoms with Crippen LogP contribution in [-0.4, -0.2) is 40.7 Å². The van der Waals surface area contributed by atoms with Crippen LogP contribution < -0.4 is 20.7 Å². The molecule has 0 aliphatic carbocycles. The molecule has 1 aliphatic heterocycles. The molecule has 0 saturated carbocycles. The minimum Gasteiger partial charge on any atom is -0.454 e. The van der Waals surface area contributed by atoms with Crippen molar-refractivity contribution < 1.29 is 27.1 Å². The molecule has 0 spiro atoms. The monoisotopic (exact) mass is 586 g/mol. The van der Waals surface area contributed by atoms with Crippen molar-refractivity contribution in [3.8, 4) is 22.1 Å². The van der Waals surface area contributed by atoms with E-state index < -0.39 is 29.2 Å². The van der Waals surface area contributed by atoms with E-state index in [1.54, 1.807) is 22.5 Å². The van der Waals surface area contributed by atoms with E-state index in [0.29, 0.717) is 30.2 Å². The van der Waals surface area contributed by atoms with Crippen LogP contribution in [0, 0.1) is 11.7 Å². The molecule has 5 rings (SSSR count). The van der Waals surface area contributed by atoms with Crippen molar-refractivity contribution in [2.75, 3.05) is 29.9 Å². The normalized spacial score (nSPS) is 15.5. The van der Waals surface area contributed by atoms with Gasteiger partial charge in [0, 0.05) is 24.0 Å². The third-order valence-corrected chi connectivity index (χ3v) is 7.59. The first-order valence-electron chi connectivity index (χ1n) is 12.9. The molecule has 0 bridgehead atoms. The summed E-state index contributed by atoms with van der Waals surface area (Å²) in [6.07, 6.45) is -0.565. The topological polar surface area (TPSA) is 106 Å². The van der Waals surface area contributed by atoms with Crippen LogP contribution in [0.3, 0.4) is 0 Å². The molecule has 3 heterocycles. The van der Waals surface area contributed by atoms with E-state index >= 15 is 0 Å². The maximum Gasteiger partial charge on any atom is 0.422 e. The number of nitrogens with two attached hydrogens (primary N) is 1. The van der Waals surface area contributed by atoms with Gasteiger partial charge in [-0.1, -0.05) is 12.1 Å². The zero-order valence-electron chi connectivity index (χ0n) is 21.7. The first-order valence-corrected chi connectivity index (χ1v) is 13.7. The van der Waals surface area contributed by atoms with Crippen LogP contribution in [0.15, 0.2) is 60.2 Å². The van der Waals surface area contributed by atoms with Crippen LogP contribution in [0.2, 0.25) is 0 Å². The highest BCUT2D eigenvalue weighted by Crippen LogP contribution is 2.48. The molecule has 4 aromatic rings. The van der Waals surface area contributed by atoms with E-state index in [0.717, 1.165) is 24.1 Å². The van der Waals surface area contributed by atoms with Gasteiger partial charge in [-0.15, -0.1) is 11.3 Å². The Labute approximate surface area is 237 Å². The van der Waals surface area contributed by atoms with Gasteiger partial charge in [0.1, 0.15) is 16.3 Å². The molecule has 3 N–H and O–H groups in total. The van der Waals surface area contributed by atoms with Gasteiger partial charge >= 0.3 is 6.18 Å². The van der Waals surface area contributed by atoms with Crippen LogP contribution >= 0.6 is 11.3 Å². The Kier molecular flexibility index (Phi) is 8.45. The maximum absolute atomic E-state index is 14.7. The highest BCUT2D eigenvalue weighted by atomic mass is 32.1. The number of thiazole rings is 1. The van der Waals surface area contributed by atoms with E-state index in [9.17, 15) is 22.4 Å². The molecular weight excluding hydrogens is 560 g/mol. The molecule has 8 nitrogen and oxygen atoms in total. The number of aromatic nitrogens is 3. The third kappa shape index (κ3) is 6.63. The number of nitrogens with zero attached hydrogens (tertiary/aromatic N) is 4. The van der Waals surface area contributed by atoms with E-state index in [1.807, 2.05) is 0 Å². The van der Waals surface area contributed by atoms with Crippen LogP contribution in [-0.2, 0) is 17.4 Å². The average molecular weight is 587 g/mol. The number of hydrogen-bond donors (Lipinski definition) is 2. The number of nitrogens with one attached hydrogen (secondary N) is 1. The summed E-state index contributed by atoms with van der Waals surface area (Å²) in [7, 11) is 0. The lowest BCUT2D eigenvalue weighted by atomic mass is 9.96. The Morgan fingerprint density at radius 1 is 1.15 bits per heavy atom. The minimum atomic E-state index is -4.88. The van der Waals surface area contributed by atoms with Crippen LogP contribution in [0.1, 0.15) is 24.1 Å². The smallest absolute Gasteiger partial charge is 0.422 e. The molecule has 2 aromatic heterocycles. The van der Waals surface area contributed by atoms with E-state index in [2.05, 4.69) is 20.5 Å². The summed E-state index contributed by atoms with van der Waals surface area (Å²) in [5.41, 5.74) is 5.69. The zero-order chi connectivity index (χ0) is 29.0. The number of para-hydroxylation sites is 1. The standard InChI is InChI=1S/C28H26F4N6O2S/c29-20-5-1-2-6-22(20)40-23-8-7-21(26(25(23)28(30,31)32)38-11-3-4-17(13-33)15-38)37-24(39)12-19-16-41-27(36-19)18-9-10-34-35-14-18/h1-2,5-10,14,16-17H,3-4,11-13,15,33H2,(H,37,39)/t17-/m0/s1. The van der Waals surface area contributed by atoms with E-state index in [1.165, 1.54) is 41.8 Å². The lowest BCUT2D eigenvalue weighted by molar-refractivity contribution is -0.138. The van der Waals surface area contributed by atoms with Crippen LogP contribution in [0.25, 0.3) is 10.6 Å². The second-order valence-electron chi connectivity index (χ2n) is 9.56. The van der Waals surface area contributed by atoms with Gasteiger partial charge in [0.15, 0.2) is 11.6 Å². The summed E-state index contributed by atoms with van der Waals surface area (Å²) in [6, 6.07) is 9.41. The van der Waals surface area contributed by atoms with Crippen molar-refractivity contribution >= 4 is 28.6 Å². The molecule has 214 valence electrons. The van der Waals surface area contributed by atoms with Crippen molar-refractivity contribution in [2.24, 2.45) is 11.7 Å². The first kappa shape index (κ1) is 28.4. The molecule has 1 saturated heterocycles. The van der Waals surface area contributed by atoms with Crippen molar-refractivity contribution in [1.82, 2.24) is 15.2 Å². The van der Waals surface area contributed by atoms with Gasteiger partial charge in [0.2, 0.25) is 5.91 Å². The number of ether oxygens (including phenoxy) is 1. The van der Waals surface area contributed by atoms with Crippen molar-refractivity contribution in [1.29, 1.82) is 0 Å². The third-order valence-electron chi connectivity index (χ3n) is 6.65. The summed E-state index contributed by atoms with van der Waals surface area (Å²) in [5, 5.41) is 12.6. The fraction of sp³-hybridized carbons (Fsp3) is 0.286. The van der Waals surface area contributed by atoms with Gasteiger partial charge in [0.25, 0.3) is 0 Å². The Balaban J connectivity index is 1.49. The predicted molar refractivity (Wildman–Crippen MR) is 147 cm³/mol. The van der Waals surface area contributed by atoms with Crippen LogP contribution in [0.4, 0.5) is 28.9 Å². The molecule has 1 atom stereocenters. The lowest BCUT2D eigenvalue weighted by Gasteiger charge is -2.37. The Hall–Kier alpha value is -4.10. The molecule has 2 aromatic carbocycles. The summed E-state index contributed by atoms with van der Waals surface area (Å²) >= 11 is 1.31. The molecule has 1 amide bonds. The second kappa shape index (κ2) is 12.2. The van der Waals surface area contributed by atoms with Gasteiger partial charge in [-0.2, -0.15) is 23.4 Å². The molecule has 0 radical (unpaired) electrons. The summed E-state index contributed by atoms with van der Waals surface area (Å²) in [5.74, 6) is -2.28. The van der Waals surface area contributed by atoms with Crippen LogP contribution in [0.5, 0.6) is 11.5 Å². The lowest BCUT2D eigenvalue weighted by Crippen LogP contribution is -2.40. The van der Waals surface area contributed by atoms with Crippen molar-refractivity contribution in [2.45, 2.75) is 25.4 Å². The van der Waals surface area contributed by atoms with Gasteiger partial charge in [0.05, 0.1) is 35.9 Å². The fourth-order valence-electron chi connectivity index (χ4n) is 4.76. The number of carbonyl (C=O) groups excluding carboxylic acids is 1. The number of carbonyl (C=O) groups is 1. The summed E-state index contributed by atoms with van der Waals surface area (Å²) < 4.78 is 64.0. The highest BCUT2D eigenvalue weighted by molar-refractivity contribution is 7.13. The number of anilines is 2. The van der Waals surface area contributed by atoms with Gasteiger partial charge in [-0.25, -0.2) is 9.37 Å². The maximum atomic E-state index is 14.7. The fourth-order valence-corrected chi connectivity index (χ4v) is 5.57. The van der Waals surface area contributed by atoms with Gasteiger partial charge < -0.3 is 20.7 Å². The second-order valence-corrected chi connectivity index (χ2v) is 10.4. The largest absolute Gasteiger partial charge is 0.454 e. The number of alkyl halides is 3. The highest BCUT2D eigenvalue weighted by Gasteiger charge is 2.41. The molecular formula is C28H26F4N6O2S. The first-order chi connectivity index (χ1) is 19.7. The Bertz CT molecular complexity index is 1520. The Morgan fingerprint density at radius 2 is 1.98 bits per heavy atom. The summed E-state index contributed by atoms with van der Waals surface area (Å²) in [6.45, 7) is 0.895. The summed E-state index contributed by atoms with van der Waals surface area (Å²) in [4.78, 5) is 19.1. The van der Waals surface area contributed by atoms with Gasteiger partial charge in [-0.05, 0) is 55.6 Å². The Morgan fingerprint density at radius 3 is 2.71 bits per heavy atom. The van der Waals surface area contributed by atoms with E-state index in [-0.39, 0.29) is 36.0 Å². The predicted octanol–water partition coefficient (Wildman–Crippen LogP) is 5.91. The zero-order valence-corrected chi connectivity index (χ0v) is 22.5. The number of halogens is 4. The molecule has 0 unspecified atom stereocenters. The SMILES string of the molecule is NC[C@@H]1CCCN(c2c(NC(=O)Cc3csc(-c4ccnnc4)n3)ccc(Oc3ccccc3F)c2C(F)(F)F)C1. The van der Waals surface area contributed by atoms with Gasteiger partial charge in [-0.3, -0.25) is 4.79 Å². The molecule has 1 fully saturated rings. The van der Waals surface area contributed by atoms with E-state index in [4.69, 9.17) is 10.5 Å². The quantitative estimate of drug-likeness (QED) is 0.248. The average Bonchev–Trinajstić information content (AvgIpc) is 3.43. The molecule has 1 aliphatic rings. The van der Waals surface area contributed by atoms with Crippen molar-refractivity contribution in [3.63, 3.8) is 0 Å². The number of benzene rings is 2. The number of hydrogen-bond acceptors (Lipinski definition) is 8. The number of rotatable bonds is 8. The van der Waals surface area contributed by atoms with Crippen molar-refractivity contribution in [3.05, 3.63) is 77.3 Å². The minimum absolute atomic E-state index is 0.0272.